The van der Waals surface area contributed by atoms with E-state index < -0.39 is 0 Å². The number of likely N-dealkylation sites (N-methyl/N-ethyl adjacent to an activating group) is 1. The number of guanidine groups is 1. The minimum absolute atomic E-state index is 0.188. The van der Waals surface area contributed by atoms with Gasteiger partial charge in [-0.05, 0) is 45.6 Å². The van der Waals surface area contributed by atoms with E-state index in [4.69, 9.17) is 10.5 Å². The average Bonchev–Trinajstić information content (AvgIpc) is 2.38. The number of hydrogen-bond donors (Lipinski definition) is 2. The highest BCUT2D eigenvalue weighted by atomic mass is 16.5. The van der Waals surface area contributed by atoms with E-state index in [0.29, 0.717) is 12.5 Å². The number of methoxy groups -OCH3 is 1. The molecule has 0 heterocycles. The Morgan fingerprint density at radius 1 is 1.30 bits per heavy atom. The highest BCUT2D eigenvalue weighted by Crippen LogP contribution is 2.21. The van der Waals surface area contributed by atoms with Gasteiger partial charge in [-0.1, -0.05) is 12.1 Å². The van der Waals surface area contributed by atoms with E-state index in [1.807, 2.05) is 40.1 Å². The summed E-state index contributed by atoms with van der Waals surface area (Å²) >= 11 is 0. The molecule has 5 heteroatoms. The molecule has 0 bridgehead atoms. The van der Waals surface area contributed by atoms with Crippen LogP contribution in [0.4, 0.5) is 0 Å². The van der Waals surface area contributed by atoms with E-state index in [1.165, 1.54) is 5.56 Å². The fourth-order valence-corrected chi connectivity index (χ4v) is 1.92. The lowest BCUT2D eigenvalue weighted by atomic mass is 10.1. The lowest BCUT2D eigenvalue weighted by Gasteiger charge is -2.23. The number of benzene rings is 1. The lowest BCUT2D eigenvalue weighted by Crippen LogP contribution is -2.37. The molecule has 112 valence electrons. The maximum Gasteiger partial charge on any atom is 0.188 e. The van der Waals surface area contributed by atoms with Gasteiger partial charge in [0.05, 0.1) is 19.7 Å². The van der Waals surface area contributed by atoms with Crippen LogP contribution in [0, 0.1) is 0 Å². The molecular weight excluding hydrogens is 252 g/mol. The molecule has 0 saturated heterocycles. The molecule has 0 aliphatic rings. The lowest BCUT2D eigenvalue weighted by molar-refractivity contribution is 0.306. The van der Waals surface area contributed by atoms with Gasteiger partial charge in [-0.15, -0.1) is 0 Å². The van der Waals surface area contributed by atoms with Crippen molar-refractivity contribution >= 4 is 5.96 Å². The topological polar surface area (TPSA) is 62.9 Å². The summed E-state index contributed by atoms with van der Waals surface area (Å²) in [6.07, 6.45) is 0. The minimum atomic E-state index is 0.188. The summed E-state index contributed by atoms with van der Waals surface area (Å²) in [6, 6.07) is 8.53. The van der Waals surface area contributed by atoms with Crippen LogP contribution in [0.5, 0.6) is 5.75 Å². The zero-order valence-corrected chi connectivity index (χ0v) is 13.1. The molecule has 1 unspecified atom stereocenters. The monoisotopic (exact) mass is 278 g/mol. The number of ether oxygens (including phenoxy) is 1. The van der Waals surface area contributed by atoms with Crippen LogP contribution in [0.3, 0.4) is 0 Å². The Labute approximate surface area is 121 Å². The van der Waals surface area contributed by atoms with Gasteiger partial charge >= 0.3 is 0 Å². The zero-order valence-electron chi connectivity index (χ0n) is 13.1. The normalized spacial score (nSPS) is 13.7. The Morgan fingerprint density at radius 3 is 2.35 bits per heavy atom. The number of nitrogens with one attached hydrogen (secondary N) is 1. The Hall–Kier alpha value is -1.75. The molecule has 20 heavy (non-hydrogen) atoms. The van der Waals surface area contributed by atoms with Crippen molar-refractivity contribution in [2.45, 2.75) is 25.9 Å². The van der Waals surface area contributed by atoms with Crippen LogP contribution in [-0.4, -0.2) is 44.7 Å². The molecule has 0 radical (unpaired) electrons. The predicted octanol–water partition coefficient (Wildman–Crippen LogP) is 1.61. The van der Waals surface area contributed by atoms with E-state index in [1.54, 1.807) is 7.11 Å². The summed E-state index contributed by atoms with van der Waals surface area (Å²) in [5.41, 5.74) is 7.04. The summed E-state index contributed by atoms with van der Waals surface area (Å²) in [4.78, 5) is 6.55. The maximum absolute atomic E-state index is 5.85. The minimum Gasteiger partial charge on any atom is -0.497 e. The van der Waals surface area contributed by atoms with Crippen molar-refractivity contribution in [2.24, 2.45) is 10.7 Å². The molecule has 1 rings (SSSR count). The SMILES string of the molecule is COc1ccc(C(CN=C(N)NC(C)C)N(C)C)cc1. The molecule has 1 aromatic carbocycles. The average molecular weight is 278 g/mol. The van der Waals surface area contributed by atoms with Crippen molar-refractivity contribution in [2.75, 3.05) is 27.7 Å². The van der Waals surface area contributed by atoms with Gasteiger partial charge in [0.2, 0.25) is 0 Å². The quantitative estimate of drug-likeness (QED) is 0.613. The van der Waals surface area contributed by atoms with E-state index in [-0.39, 0.29) is 12.1 Å². The number of nitrogens with two attached hydrogens (primary N) is 1. The molecule has 0 aliphatic carbocycles. The van der Waals surface area contributed by atoms with Crippen molar-refractivity contribution < 1.29 is 4.74 Å². The molecule has 3 N–H and O–H groups in total. The van der Waals surface area contributed by atoms with Crippen molar-refractivity contribution in [1.82, 2.24) is 10.2 Å². The molecular formula is C15H26N4O. The molecule has 0 aliphatic heterocycles. The summed E-state index contributed by atoms with van der Waals surface area (Å²) in [5, 5.41) is 3.10. The van der Waals surface area contributed by atoms with Crippen LogP contribution in [0.15, 0.2) is 29.3 Å². The third-order valence-corrected chi connectivity index (χ3v) is 3.00. The Kier molecular flexibility index (Phi) is 6.31. The zero-order chi connectivity index (χ0) is 15.1. The van der Waals surface area contributed by atoms with E-state index in [2.05, 4.69) is 27.3 Å². The second kappa shape index (κ2) is 7.75. The van der Waals surface area contributed by atoms with Crippen molar-refractivity contribution in [3.63, 3.8) is 0 Å². The van der Waals surface area contributed by atoms with Crippen LogP contribution in [0.25, 0.3) is 0 Å². The molecule has 1 aromatic rings. The van der Waals surface area contributed by atoms with Crippen LogP contribution >= 0.6 is 0 Å². The van der Waals surface area contributed by atoms with Gasteiger partial charge in [0.1, 0.15) is 5.75 Å². The van der Waals surface area contributed by atoms with Crippen molar-refractivity contribution in [1.29, 1.82) is 0 Å². The highest BCUT2D eigenvalue weighted by Gasteiger charge is 2.13. The van der Waals surface area contributed by atoms with E-state index >= 15 is 0 Å². The van der Waals surface area contributed by atoms with Crippen molar-refractivity contribution in [3.8, 4) is 5.75 Å². The summed E-state index contributed by atoms with van der Waals surface area (Å²) in [6.45, 7) is 4.69. The fraction of sp³-hybridized carbons (Fsp3) is 0.533. The third kappa shape index (κ3) is 5.09. The number of nitrogens with zero attached hydrogens (tertiary/aromatic N) is 2. The second-order valence-corrected chi connectivity index (χ2v) is 5.28. The Balaban J connectivity index is 2.78. The second-order valence-electron chi connectivity index (χ2n) is 5.28. The molecule has 0 fully saturated rings. The van der Waals surface area contributed by atoms with Gasteiger partial charge in [-0.25, -0.2) is 0 Å². The largest absolute Gasteiger partial charge is 0.497 e. The molecule has 0 amide bonds. The van der Waals surface area contributed by atoms with Crippen LogP contribution in [0.1, 0.15) is 25.5 Å². The van der Waals surface area contributed by atoms with E-state index in [0.717, 1.165) is 5.75 Å². The number of rotatable bonds is 6. The van der Waals surface area contributed by atoms with Gasteiger partial charge in [0, 0.05) is 6.04 Å². The molecule has 1 atom stereocenters. The molecule has 5 nitrogen and oxygen atoms in total. The van der Waals surface area contributed by atoms with Gasteiger partial charge < -0.3 is 20.7 Å². The maximum atomic E-state index is 5.85. The first-order valence-corrected chi connectivity index (χ1v) is 6.81. The van der Waals surface area contributed by atoms with Crippen LogP contribution < -0.4 is 15.8 Å². The van der Waals surface area contributed by atoms with Gasteiger partial charge in [-0.2, -0.15) is 0 Å². The predicted molar refractivity (Wildman–Crippen MR) is 84.2 cm³/mol. The van der Waals surface area contributed by atoms with Gasteiger partial charge in [-0.3, -0.25) is 4.99 Å². The summed E-state index contributed by atoms with van der Waals surface area (Å²) in [5.74, 6) is 1.34. The first kappa shape index (κ1) is 16.3. The smallest absolute Gasteiger partial charge is 0.188 e. The van der Waals surface area contributed by atoms with Gasteiger partial charge in [0.15, 0.2) is 5.96 Å². The van der Waals surface area contributed by atoms with Crippen LogP contribution in [0.2, 0.25) is 0 Å². The first-order chi connectivity index (χ1) is 9.43. The molecule has 0 aromatic heterocycles. The number of hydrogen-bond acceptors (Lipinski definition) is 3. The Morgan fingerprint density at radius 2 is 1.90 bits per heavy atom. The summed E-state index contributed by atoms with van der Waals surface area (Å²) < 4.78 is 5.18. The Bertz CT molecular complexity index is 426. The molecule has 0 saturated carbocycles. The number of aliphatic imine (C=N–C) groups is 1. The first-order valence-electron chi connectivity index (χ1n) is 6.81. The van der Waals surface area contributed by atoms with Crippen LogP contribution in [-0.2, 0) is 0 Å². The van der Waals surface area contributed by atoms with Crippen molar-refractivity contribution in [3.05, 3.63) is 29.8 Å². The standard InChI is InChI=1S/C15H26N4O/c1-11(2)18-15(16)17-10-14(19(3)4)12-6-8-13(20-5)9-7-12/h6-9,11,14H,10H2,1-5H3,(H3,16,17,18). The fourth-order valence-electron chi connectivity index (χ4n) is 1.92. The highest BCUT2D eigenvalue weighted by molar-refractivity contribution is 5.78. The van der Waals surface area contributed by atoms with E-state index in [9.17, 15) is 0 Å². The third-order valence-electron chi connectivity index (χ3n) is 3.00. The molecule has 0 spiro atoms. The summed E-state index contributed by atoms with van der Waals surface area (Å²) in [7, 11) is 5.74. The van der Waals surface area contributed by atoms with Gasteiger partial charge in [0.25, 0.3) is 0 Å².